The summed E-state index contributed by atoms with van der Waals surface area (Å²) in [4.78, 5) is 0. The van der Waals surface area contributed by atoms with Gasteiger partial charge in [-0.15, -0.1) is 0 Å². The summed E-state index contributed by atoms with van der Waals surface area (Å²) >= 11 is 0. The van der Waals surface area contributed by atoms with E-state index in [1.165, 1.54) is 5.56 Å². The van der Waals surface area contributed by atoms with Crippen LogP contribution in [0.25, 0.3) is 0 Å². The van der Waals surface area contributed by atoms with Gasteiger partial charge in [0.1, 0.15) is 6.10 Å². The first-order chi connectivity index (χ1) is 8.65. The van der Waals surface area contributed by atoms with E-state index in [-0.39, 0.29) is 0 Å². The van der Waals surface area contributed by atoms with E-state index in [0.717, 1.165) is 5.56 Å². The highest BCUT2D eigenvalue weighted by molar-refractivity contribution is 5.26. The molecule has 0 radical (unpaired) electrons. The van der Waals surface area contributed by atoms with Crippen LogP contribution in [0.1, 0.15) is 43.9 Å². The van der Waals surface area contributed by atoms with Gasteiger partial charge < -0.3 is 14.6 Å². The molecule has 18 heavy (non-hydrogen) atoms. The Morgan fingerprint density at radius 1 is 1.00 bits per heavy atom. The van der Waals surface area contributed by atoms with Gasteiger partial charge in [0.2, 0.25) is 0 Å². The third-order valence-corrected chi connectivity index (χ3v) is 2.84. The number of hydrogen-bond donors (Lipinski definition) is 1. The fraction of sp³-hybridized carbons (Fsp3) is 0.600. The zero-order valence-corrected chi connectivity index (χ0v) is 11.6. The Labute approximate surface area is 110 Å². The first-order valence-corrected chi connectivity index (χ1v) is 6.58. The first kappa shape index (κ1) is 15.2. The van der Waals surface area contributed by atoms with Gasteiger partial charge in [-0.25, -0.2) is 0 Å². The number of hydrogen-bond acceptors (Lipinski definition) is 3. The number of aliphatic hydroxyl groups is 1. The normalized spacial score (nSPS) is 12.9. The minimum absolute atomic E-state index is 0.314. The van der Waals surface area contributed by atoms with Crippen molar-refractivity contribution in [2.45, 2.75) is 32.8 Å². The molecule has 0 heterocycles. The molecular formula is C15H24O3. The van der Waals surface area contributed by atoms with Crippen molar-refractivity contribution in [3.8, 4) is 0 Å². The van der Waals surface area contributed by atoms with Crippen LogP contribution < -0.4 is 0 Å². The molecule has 1 N–H and O–H groups in total. The maximum absolute atomic E-state index is 9.94. The van der Waals surface area contributed by atoms with Crippen LogP contribution in [0.4, 0.5) is 0 Å². The van der Waals surface area contributed by atoms with Gasteiger partial charge in [0.25, 0.3) is 0 Å². The number of benzene rings is 1. The molecule has 0 aliphatic carbocycles. The Hall–Kier alpha value is -0.900. The number of ether oxygens (including phenoxy) is 2. The van der Waals surface area contributed by atoms with Crippen molar-refractivity contribution in [1.29, 1.82) is 0 Å². The van der Waals surface area contributed by atoms with E-state index in [1.54, 1.807) is 0 Å². The Balaban J connectivity index is 2.34. The highest BCUT2D eigenvalue weighted by atomic mass is 16.5. The zero-order chi connectivity index (χ0) is 13.4. The third-order valence-electron chi connectivity index (χ3n) is 2.84. The van der Waals surface area contributed by atoms with Gasteiger partial charge in [0, 0.05) is 6.61 Å². The minimum Gasteiger partial charge on any atom is -0.386 e. The fourth-order valence-corrected chi connectivity index (χ4v) is 1.66. The predicted octanol–water partition coefficient (Wildman–Crippen LogP) is 2.90. The summed E-state index contributed by atoms with van der Waals surface area (Å²) in [6.07, 6.45) is -0.562. The third kappa shape index (κ3) is 5.17. The average Bonchev–Trinajstić information content (AvgIpc) is 2.38. The van der Waals surface area contributed by atoms with Crippen LogP contribution in [0.3, 0.4) is 0 Å². The largest absolute Gasteiger partial charge is 0.386 e. The van der Waals surface area contributed by atoms with E-state index in [9.17, 15) is 5.11 Å². The van der Waals surface area contributed by atoms with Crippen LogP contribution in [0.5, 0.6) is 0 Å². The highest BCUT2D eigenvalue weighted by Gasteiger charge is 2.08. The quantitative estimate of drug-likeness (QED) is 0.723. The molecule has 0 fully saturated rings. The van der Waals surface area contributed by atoms with Crippen LogP contribution in [0.2, 0.25) is 0 Å². The molecule has 1 unspecified atom stereocenters. The van der Waals surface area contributed by atoms with Gasteiger partial charge in [-0.1, -0.05) is 38.1 Å². The van der Waals surface area contributed by atoms with Crippen molar-refractivity contribution < 1.29 is 14.6 Å². The Kier molecular flexibility index (Phi) is 6.94. The Morgan fingerprint density at radius 3 is 2.11 bits per heavy atom. The minimum atomic E-state index is -0.562. The van der Waals surface area contributed by atoms with Crippen molar-refractivity contribution in [2.24, 2.45) is 0 Å². The molecule has 0 bridgehead atoms. The van der Waals surface area contributed by atoms with Crippen molar-refractivity contribution in [2.75, 3.05) is 26.4 Å². The predicted molar refractivity (Wildman–Crippen MR) is 72.8 cm³/mol. The van der Waals surface area contributed by atoms with Crippen molar-refractivity contribution in [3.05, 3.63) is 35.4 Å². The summed E-state index contributed by atoms with van der Waals surface area (Å²) in [7, 11) is 0. The summed E-state index contributed by atoms with van der Waals surface area (Å²) < 4.78 is 10.5. The molecule has 0 aromatic heterocycles. The fourth-order valence-electron chi connectivity index (χ4n) is 1.66. The maximum atomic E-state index is 9.94. The lowest BCUT2D eigenvalue weighted by atomic mass is 10.0. The van der Waals surface area contributed by atoms with Crippen LogP contribution in [-0.4, -0.2) is 31.5 Å². The molecule has 3 nitrogen and oxygen atoms in total. The summed E-state index contributed by atoms with van der Waals surface area (Å²) in [5, 5.41) is 9.94. The van der Waals surface area contributed by atoms with Crippen molar-refractivity contribution in [3.63, 3.8) is 0 Å². The SMILES string of the molecule is CCOCCOCC(O)c1ccc(C(C)C)cc1. The molecule has 0 spiro atoms. The molecular weight excluding hydrogens is 228 g/mol. The second kappa shape index (κ2) is 8.25. The molecule has 1 rings (SSSR count). The molecule has 0 amide bonds. The topological polar surface area (TPSA) is 38.7 Å². The molecule has 1 aromatic rings. The van der Waals surface area contributed by atoms with Gasteiger partial charge >= 0.3 is 0 Å². The molecule has 102 valence electrons. The molecule has 1 aromatic carbocycles. The zero-order valence-electron chi connectivity index (χ0n) is 11.6. The molecule has 0 saturated heterocycles. The van der Waals surface area contributed by atoms with Crippen LogP contribution >= 0.6 is 0 Å². The van der Waals surface area contributed by atoms with E-state index in [0.29, 0.717) is 32.3 Å². The van der Waals surface area contributed by atoms with Crippen LogP contribution in [-0.2, 0) is 9.47 Å². The van der Waals surface area contributed by atoms with Gasteiger partial charge in [0.15, 0.2) is 0 Å². The Bertz CT molecular complexity index is 319. The lowest BCUT2D eigenvalue weighted by Gasteiger charge is -2.13. The van der Waals surface area contributed by atoms with E-state index >= 15 is 0 Å². The highest BCUT2D eigenvalue weighted by Crippen LogP contribution is 2.18. The van der Waals surface area contributed by atoms with Gasteiger partial charge in [-0.2, -0.15) is 0 Å². The smallest absolute Gasteiger partial charge is 0.102 e. The van der Waals surface area contributed by atoms with E-state index < -0.39 is 6.10 Å². The first-order valence-electron chi connectivity index (χ1n) is 6.58. The van der Waals surface area contributed by atoms with E-state index in [1.807, 2.05) is 19.1 Å². The standard InChI is InChI=1S/C15H24O3/c1-4-17-9-10-18-11-15(16)14-7-5-13(6-8-14)12(2)3/h5-8,12,15-16H,4,9-11H2,1-3H3. The number of aliphatic hydroxyl groups excluding tert-OH is 1. The van der Waals surface area contributed by atoms with E-state index in [2.05, 4.69) is 26.0 Å². The second-order valence-corrected chi connectivity index (χ2v) is 4.61. The summed E-state index contributed by atoms with van der Waals surface area (Å²) in [6, 6.07) is 8.05. The van der Waals surface area contributed by atoms with Gasteiger partial charge in [-0.05, 0) is 24.0 Å². The number of rotatable bonds is 8. The van der Waals surface area contributed by atoms with E-state index in [4.69, 9.17) is 9.47 Å². The lowest BCUT2D eigenvalue weighted by molar-refractivity contribution is 0.00531. The molecule has 3 heteroatoms. The maximum Gasteiger partial charge on any atom is 0.102 e. The van der Waals surface area contributed by atoms with Gasteiger partial charge in [0.05, 0.1) is 19.8 Å². The second-order valence-electron chi connectivity index (χ2n) is 4.61. The molecule has 0 aliphatic heterocycles. The van der Waals surface area contributed by atoms with Crippen LogP contribution in [0, 0.1) is 0 Å². The molecule has 0 saturated carbocycles. The van der Waals surface area contributed by atoms with Crippen LogP contribution in [0.15, 0.2) is 24.3 Å². The molecule has 0 aliphatic rings. The monoisotopic (exact) mass is 252 g/mol. The average molecular weight is 252 g/mol. The molecule has 1 atom stereocenters. The van der Waals surface area contributed by atoms with Crippen molar-refractivity contribution >= 4 is 0 Å². The Morgan fingerprint density at radius 2 is 1.56 bits per heavy atom. The lowest BCUT2D eigenvalue weighted by Crippen LogP contribution is -2.11. The summed E-state index contributed by atoms with van der Waals surface area (Å²) in [6.45, 7) is 8.37. The van der Waals surface area contributed by atoms with Gasteiger partial charge in [-0.3, -0.25) is 0 Å². The summed E-state index contributed by atoms with van der Waals surface area (Å²) in [5.41, 5.74) is 2.18. The summed E-state index contributed by atoms with van der Waals surface area (Å²) in [5.74, 6) is 0.513. The van der Waals surface area contributed by atoms with Crippen molar-refractivity contribution in [1.82, 2.24) is 0 Å².